The molecule has 0 amide bonds. The Morgan fingerprint density at radius 3 is 1.89 bits per heavy atom. The predicted molar refractivity (Wildman–Crippen MR) is 112 cm³/mol. The number of benzene rings is 3. The molecule has 3 nitrogen and oxygen atoms in total. The number of para-hydroxylation sites is 2. The molecule has 1 heterocycles. The van der Waals surface area contributed by atoms with Crippen molar-refractivity contribution < 1.29 is 4.42 Å². The van der Waals surface area contributed by atoms with Crippen molar-refractivity contribution in [3.63, 3.8) is 0 Å². The maximum Gasteiger partial charge on any atom is 0.147 e. The highest BCUT2D eigenvalue weighted by Gasteiger charge is 2.08. The Balaban J connectivity index is 1.62. The topological polar surface area (TPSA) is 28.7 Å². The van der Waals surface area contributed by atoms with Gasteiger partial charge in [-0.1, -0.05) is 48.0 Å². The summed E-state index contributed by atoms with van der Waals surface area (Å²) in [6.45, 7) is 0. The van der Waals surface area contributed by atoms with Crippen LogP contribution in [0.2, 0.25) is 5.02 Å². The standard InChI is InChI=1S/C23H17ClN2O/c24-19-13-11-18(12-14-19)23-16-15-22(27-23)17-25-26(20-7-3-1-4-8-20)21-9-5-2-6-10-21/h1-17H/b25-17-. The second-order valence-electron chi connectivity index (χ2n) is 5.94. The molecule has 4 rings (SSSR count). The van der Waals surface area contributed by atoms with Gasteiger partial charge in [0.25, 0.3) is 0 Å². The first kappa shape index (κ1) is 17.1. The van der Waals surface area contributed by atoms with Gasteiger partial charge in [-0.3, -0.25) is 0 Å². The molecule has 0 saturated carbocycles. The van der Waals surface area contributed by atoms with E-state index in [9.17, 15) is 0 Å². The van der Waals surface area contributed by atoms with Gasteiger partial charge in [0.05, 0.1) is 17.6 Å². The molecule has 132 valence electrons. The summed E-state index contributed by atoms with van der Waals surface area (Å²) in [6.07, 6.45) is 1.72. The first-order chi connectivity index (χ1) is 13.3. The van der Waals surface area contributed by atoms with Crippen molar-refractivity contribution >= 4 is 29.2 Å². The van der Waals surface area contributed by atoms with Gasteiger partial charge in [-0.25, -0.2) is 5.01 Å². The van der Waals surface area contributed by atoms with E-state index in [-0.39, 0.29) is 0 Å². The molecule has 0 saturated heterocycles. The molecule has 4 aromatic rings. The van der Waals surface area contributed by atoms with Crippen LogP contribution in [0.5, 0.6) is 0 Å². The zero-order valence-electron chi connectivity index (χ0n) is 14.5. The van der Waals surface area contributed by atoms with Crippen molar-refractivity contribution in [2.75, 3.05) is 5.01 Å². The normalized spacial score (nSPS) is 11.0. The Labute approximate surface area is 163 Å². The SMILES string of the molecule is Clc1ccc(-c2ccc(/C=N\N(c3ccccc3)c3ccccc3)o2)cc1. The molecule has 4 heteroatoms. The van der Waals surface area contributed by atoms with Crippen LogP contribution in [0, 0.1) is 0 Å². The third kappa shape index (κ3) is 4.10. The molecule has 0 N–H and O–H groups in total. The third-order valence-corrected chi connectivity index (χ3v) is 4.31. The van der Waals surface area contributed by atoms with Gasteiger partial charge in [-0.15, -0.1) is 0 Å². The summed E-state index contributed by atoms with van der Waals surface area (Å²) < 4.78 is 5.91. The molecule has 0 spiro atoms. The van der Waals surface area contributed by atoms with E-state index in [2.05, 4.69) is 5.10 Å². The lowest BCUT2D eigenvalue weighted by Gasteiger charge is -2.18. The molecule has 0 aliphatic carbocycles. The minimum atomic E-state index is 0.678. The van der Waals surface area contributed by atoms with Crippen LogP contribution in [-0.2, 0) is 0 Å². The monoisotopic (exact) mass is 372 g/mol. The van der Waals surface area contributed by atoms with Gasteiger partial charge in [-0.2, -0.15) is 5.10 Å². The molecule has 0 bridgehead atoms. The van der Waals surface area contributed by atoms with Crippen molar-refractivity contribution in [1.82, 2.24) is 0 Å². The molecule has 0 atom stereocenters. The van der Waals surface area contributed by atoms with E-state index in [1.807, 2.05) is 102 Å². The molecular formula is C23H17ClN2O. The summed E-state index contributed by atoms with van der Waals surface area (Å²) in [5, 5.41) is 7.23. The number of furan rings is 1. The molecule has 0 fully saturated rings. The lowest BCUT2D eigenvalue weighted by atomic mass is 10.2. The lowest BCUT2D eigenvalue weighted by molar-refractivity contribution is 0.575. The van der Waals surface area contributed by atoms with Crippen LogP contribution >= 0.6 is 11.6 Å². The summed E-state index contributed by atoms with van der Waals surface area (Å²) >= 11 is 5.95. The molecule has 0 aliphatic rings. The third-order valence-electron chi connectivity index (χ3n) is 4.06. The van der Waals surface area contributed by atoms with Crippen LogP contribution in [0.15, 0.2) is 107 Å². The summed E-state index contributed by atoms with van der Waals surface area (Å²) in [5.41, 5.74) is 2.93. The van der Waals surface area contributed by atoms with Crippen molar-refractivity contribution in [1.29, 1.82) is 0 Å². The van der Waals surface area contributed by atoms with Gasteiger partial charge < -0.3 is 4.42 Å². The summed E-state index contributed by atoms with van der Waals surface area (Å²) in [5.74, 6) is 1.45. The fourth-order valence-corrected chi connectivity index (χ4v) is 2.85. The zero-order chi connectivity index (χ0) is 18.5. The van der Waals surface area contributed by atoms with Gasteiger partial charge in [0.2, 0.25) is 0 Å². The van der Waals surface area contributed by atoms with Crippen molar-refractivity contribution in [2.45, 2.75) is 0 Å². The Morgan fingerprint density at radius 2 is 1.30 bits per heavy atom. The van der Waals surface area contributed by atoms with Crippen LogP contribution in [0.1, 0.15) is 5.76 Å². The number of rotatable bonds is 5. The highest BCUT2D eigenvalue weighted by atomic mass is 35.5. The van der Waals surface area contributed by atoms with Crippen molar-refractivity contribution in [3.05, 3.63) is 108 Å². The van der Waals surface area contributed by atoms with E-state index < -0.39 is 0 Å². The minimum absolute atomic E-state index is 0.678. The first-order valence-electron chi connectivity index (χ1n) is 8.59. The number of hydrogen-bond acceptors (Lipinski definition) is 3. The highest BCUT2D eigenvalue weighted by molar-refractivity contribution is 6.30. The van der Waals surface area contributed by atoms with E-state index in [4.69, 9.17) is 16.0 Å². The maximum atomic E-state index is 5.95. The molecule has 3 aromatic carbocycles. The van der Waals surface area contributed by atoms with E-state index >= 15 is 0 Å². The largest absolute Gasteiger partial charge is 0.455 e. The smallest absolute Gasteiger partial charge is 0.147 e. The molecular weight excluding hydrogens is 356 g/mol. The Kier molecular flexibility index (Phi) is 5.04. The van der Waals surface area contributed by atoms with Gasteiger partial charge in [0.1, 0.15) is 11.5 Å². The average Bonchev–Trinajstić information content (AvgIpc) is 3.19. The van der Waals surface area contributed by atoms with Gasteiger partial charge >= 0.3 is 0 Å². The first-order valence-corrected chi connectivity index (χ1v) is 8.97. The Bertz CT molecular complexity index is 985. The quantitative estimate of drug-likeness (QED) is 0.285. The fraction of sp³-hybridized carbons (Fsp3) is 0. The average molecular weight is 373 g/mol. The van der Waals surface area contributed by atoms with Crippen molar-refractivity contribution in [3.8, 4) is 11.3 Å². The number of hydrogen-bond donors (Lipinski definition) is 0. The maximum absolute atomic E-state index is 5.95. The lowest BCUT2D eigenvalue weighted by Crippen LogP contribution is -2.08. The fourth-order valence-electron chi connectivity index (χ4n) is 2.73. The van der Waals surface area contributed by atoms with Crippen LogP contribution < -0.4 is 5.01 Å². The van der Waals surface area contributed by atoms with Crippen molar-refractivity contribution in [2.24, 2.45) is 5.10 Å². The zero-order valence-corrected chi connectivity index (χ0v) is 15.3. The summed E-state index contributed by atoms with van der Waals surface area (Å²) in [6, 6.07) is 31.4. The second kappa shape index (κ2) is 7.94. The van der Waals surface area contributed by atoms with E-state index in [0.717, 1.165) is 22.7 Å². The predicted octanol–water partition coefficient (Wildman–Crippen LogP) is 6.77. The molecule has 0 aliphatic heterocycles. The van der Waals surface area contributed by atoms with Gasteiger partial charge in [0.15, 0.2) is 0 Å². The highest BCUT2D eigenvalue weighted by Crippen LogP contribution is 2.26. The number of halogens is 1. The molecule has 27 heavy (non-hydrogen) atoms. The van der Waals surface area contributed by atoms with E-state index in [0.29, 0.717) is 10.8 Å². The van der Waals surface area contributed by atoms with Gasteiger partial charge in [0, 0.05) is 10.6 Å². The van der Waals surface area contributed by atoms with Crippen LogP contribution in [-0.4, -0.2) is 6.21 Å². The number of nitrogens with zero attached hydrogens (tertiary/aromatic N) is 2. The van der Waals surface area contributed by atoms with E-state index in [1.165, 1.54) is 0 Å². The minimum Gasteiger partial charge on any atom is -0.455 e. The Morgan fingerprint density at radius 1 is 0.704 bits per heavy atom. The molecule has 0 unspecified atom stereocenters. The second-order valence-corrected chi connectivity index (χ2v) is 6.37. The Hall–Kier alpha value is -3.30. The number of hydrazone groups is 1. The van der Waals surface area contributed by atoms with Gasteiger partial charge in [-0.05, 0) is 60.7 Å². The van der Waals surface area contributed by atoms with Crippen LogP contribution in [0.3, 0.4) is 0 Å². The van der Waals surface area contributed by atoms with Crippen LogP contribution in [0.4, 0.5) is 11.4 Å². The summed E-state index contributed by atoms with van der Waals surface area (Å²) in [4.78, 5) is 0. The summed E-state index contributed by atoms with van der Waals surface area (Å²) in [7, 11) is 0. The van der Waals surface area contributed by atoms with E-state index in [1.54, 1.807) is 6.21 Å². The number of anilines is 2. The van der Waals surface area contributed by atoms with Crippen LogP contribution in [0.25, 0.3) is 11.3 Å². The molecule has 1 aromatic heterocycles. The molecule has 0 radical (unpaired) electrons.